The van der Waals surface area contributed by atoms with Crippen LogP contribution in [0.1, 0.15) is 53.1 Å². The lowest BCUT2D eigenvalue weighted by Crippen LogP contribution is -2.67. The standard InChI is InChI=1S/C31H39NO3Si/c1-30(2,3)35-29(33)27-22-32(27)28(24-16-10-7-11-17-24)23-34-36(31(4,5)6,25-18-12-8-13-19-25)26-20-14-9-15-21-26/h7-21,27-28H,22-23H2,1-6H3/t27-,28+,32?/m1/s1. The van der Waals surface area contributed by atoms with Gasteiger partial charge < -0.3 is 9.16 Å². The van der Waals surface area contributed by atoms with Gasteiger partial charge in [0.2, 0.25) is 0 Å². The van der Waals surface area contributed by atoms with Crippen molar-refractivity contribution in [2.45, 2.75) is 64.3 Å². The SMILES string of the molecule is CC(C)(C)OC(=O)[C@H]1CN1[C@@H](CO[Si](c1ccccc1)(c1ccccc1)C(C)(C)C)c1ccccc1. The fourth-order valence-electron chi connectivity index (χ4n) is 5.10. The highest BCUT2D eigenvalue weighted by Crippen LogP contribution is 2.40. The molecule has 1 fully saturated rings. The maximum absolute atomic E-state index is 12.9. The number of esters is 1. The van der Waals surface area contributed by atoms with E-state index in [9.17, 15) is 4.79 Å². The Balaban J connectivity index is 1.70. The lowest BCUT2D eigenvalue weighted by Gasteiger charge is -2.44. The number of hydrogen-bond donors (Lipinski definition) is 0. The van der Waals surface area contributed by atoms with E-state index in [1.807, 2.05) is 26.8 Å². The number of nitrogens with zero attached hydrogens (tertiary/aromatic N) is 1. The van der Waals surface area contributed by atoms with E-state index >= 15 is 0 Å². The number of benzene rings is 3. The van der Waals surface area contributed by atoms with Crippen LogP contribution >= 0.6 is 0 Å². The Morgan fingerprint density at radius 2 is 1.31 bits per heavy atom. The molecule has 1 saturated heterocycles. The lowest BCUT2D eigenvalue weighted by molar-refractivity contribution is -0.155. The van der Waals surface area contributed by atoms with Gasteiger partial charge in [0.1, 0.15) is 11.6 Å². The van der Waals surface area contributed by atoms with Gasteiger partial charge in [-0.25, -0.2) is 0 Å². The smallest absolute Gasteiger partial charge is 0.325 e. The second-order valence-corrected chi connectivity index (χ2v) is 16.0. The van der Waals surface area contributed by atoms with Gasteiger partial charge in [-0.05, 0) is 41.7 Å². The van der Waals surface area contributed by atoms with Gasteiger partial charge in [-0.3, -0.25) is 9.69 Å². The molecule has 0 spiro atoms. The summed E-state index contributed by atoms with van der Waals surface area (Å²) < 4.78 is 13.0. The second kappa shape index (κ2) is 10.3. The van der Waals surface area contributed by atoms with Gasteiger partial charge in [0, 0.05) is 6.54 Å². The Morgan fingerprint density at radius 1 is 0.833 bits per heavy atom. The van der Waals surface area contributed by atoms with Crippen LogP contribution in [0.2, 0.25) is 5.04 Å². The third kappa shape index (κ3) is 5.64. The quantitative estimate of drug-likeness (QED) is 0.238. The number of hydrogen-bond acceptors (Lipinski definition) is 4. The average molecular weight is 502 g/mol. The summed E-state index contributed by atoms with van der Waals surface area (Å²) >= 11 is 0. The molecule has 1 aliphatic heterocycles. The molecule has 0 N–H and O–H groups in total. The van der Waals surface area contributed by atoms with Crippen molar-refractivity contribution in [1.29, 1.82) is 0 Å². The average Bonchev–Trinajstić information content (AvgIpc) is 3.63. The molecule has 0 saturated carbocycles. The van der Waals surface area contributed by atoms with E-state index in [1.165, 1.54) is 10.4 Å². The zero-order valence-electron chi connectivity index (χ0n) is 22.4. The summed E-state index contributed by atoms with van der Waals surface area (Å²) in [4.78, 5) is 15.1. The molecule has 0 radical (unpaired) electrons. The number of rotatable bonds is 8. The molecule has 0 aromatic heterocycles. The van der Waals surface area contributed by atoms with Crippen molar-refractivity contribution in [3.05, 3.63) is 96.6 Å². The molecule has 1 heterocycles. The van der Waals surface area contributed by atoms with Crippen LogP contribution in [0.4, 0.5) is 0 Å². The Bertz CT molecular complexity index is 1100. The van der Waals surface area contributed by atoms with Crippen LogP contribution in [0, 0.1) is 0 Å². The van der Waals surface area contributed by atoms with E-state index in [4.69, 9.17) is 9.16 Å². The van der Waals surface area contributed by atoms with Crippen molar-refractivity contribution >= 4 is 24.7 Å². The normalized spacial score (nSPS) is 18.9. The maximum Gasteiger partial charge on any atom is 0.325 e. The van der Waals surface area contributed by atoms with E-state index in [0.29, 0.717) is 13.2 Å². The van der Waals surface area contributed by atoms with Crippen LogP contribution in [0.5, 0.6) is 0 Å². The van der Waals surface area contributed by atoms with Crippen molar-refractivity contribution in [1.82, 2.24) is 4.90 Å². The molecular weight excluding hydrogens is 462 g/mol. The summed E-state index contributed by atoms with van der Waals surface area (Å²) in [6, 6.07) is 31.5. The first-order valence-electron chi connectivity index (χ1n) is 12.8. The Hall–Kier alpha value is -2.73. The zero-order valence-corrected chi connectivity index (χ0v) is 23.4. The molecule has 36 heavy (non-hydrogen) atoms. The van der Waals surface area contributed by atoms with Gasteiger partial charge in [-0.2, -0.15) is 0 Å². The highest BCUT2D eigenvalue weighted by Gasteiger charge is 2.52. The van der Waals surface area contributed by atoms with Crippen LogP contribution in [0.25, 0.3) is 0 Å². The third-order valence-electron chi connectivity index (χ3n) is 6.79. The summed E-state index contributed by atoms with van der Waals surface area (Å²) in [7, 11) is -2.69. The Kier molecular flexibility index (Phi) is 7.55. The van der Waals surface area contributed by atoms with Crippen LogP contribution < -0.4 is 10.4 Å². The van der Waals surface area contributed by atoms with E-state index in [1.54, 1.807) is 0 Å². The highest BCUT2D eigenvalue weighted by molar-refractivity contribution is 6.99. The molecular formula is C31H39NO3Si. The second-order valence-electron chi connectivity index (χ2n) is 11.6. The topological polar surface area (TPSA) is 38.5 Å². The van der Waals surface area contributed by atoms with E-state index in [0.717, 1.165) is 5.56 Å². The van der Waals surface area contributed by atoms with Gasteiger partial charge in [0.05, 0.1) is 12.6 Å². The van der Waals surface area contributed by atoms with Gasteiger partial charge in [0.15, 0.2) is 0 Å². The highest BCUT2D eigenvalue weighted by atomic mass is 28.4. The summed E-state index contributed by atoms with van der Waals surface area (Å²) in [6.45, 7) is 13.8. The molecule has 3 aromatic carbocycles. The van der Waals surface area contributed by atoms with E-state index in [2.05, 4.69) is 111 Å². The summed E-state index contributed by atoms with van der Waals surface area (Å²) in [6.07, 6.45) is 0. The predicted molar refractivity (Wildman–Crippen MR) is 149 cm³/mol. The molecule has 190 valence electrons. The Labute approximate surface area is 217 Å². The molecule has 3 atom stereocenters. The van der Waals surface area contributed by atoms with Gasteiger partial charge in [0.25, 0.3) is 8.32 Å². The third-order valence-corrected chi connectivity index (χ3v) is 11.8. The number of ether oxygens (including phenoxy) is 1. The first-order valence-corrected chi connectivity index (χ1v) is 14.7. The van der Waals surface area contributed by atoms with E-state index in [-0.39, 0.29) is 23.1 Å². The minimum absolute atomic E-state index is 0.0367. The van der Waals surface area contributed by atoms with Crippen molar-refractivity contribution < 1.29 is 14.0 Å². The molecule has 5 heteroatoms. The van der Waals surface area contributed by atoms with Gasteiger partial charge in [-0.15, -0.1) is 0 Å². The van der Waals surface area contributed by atoms with Crippen LogP contribution in [-0.4, -0.2) is 44.0 Å². The number of carbonyl (C=O) groups excluding carboxylic acids is 1. The largest absolute Gasteiger partial charge is 0.459 e. The first kappa shape index (κ1) is 26.3. The summed E-state index contributed by atoms with van der Waals surface area (Å²) in [5.41, 5.74) is 0.653. The first-order chi connectivity index (χ1) is 17.0. The Morgan fingerprint density at radius 3 is 1.75 bits per heavy atom. The fraction of sp³-hybridized carbons (Fsp3) is 0.387. The van der Waals surface area contributed by atoms with Crippen LogP contribution in [0.3, 0.4) is 0 Å². The minimum Gasteiger partial charge on any atom is -0.459 e. The van der Waals surface area contributed by atoms with Crippen LogP contribution in [0.15, 0.2) is 91.0 Å². The summed E-state index contributed by atoms with van der Waals surface area (Å²) in [5, 5.41) is 2.40. The minimum atomic E-state index is -2.69. The van der Waals surface area contributed by atoms with E-state index < -0.39 is 13.9 Å². The molecule has 0 aliphatic carbocycles. The molecule has 0 bridgehead atoms. The zero-order chi connectivity index (χ0) is 26.0. The van der Waals surface area contributed by atoms with Crippen LogP contribution in [-0.2, 0) is 14.0 Å². The molecule has 4 rings (SSSR count). The monoisotopic (exact) mass is 501 g/mol. The molecule has 0 amide bonds. The molecule has 3 aromatic rings. The number of carbonyl (C=O) groups is 1. The van der Waals surface area contributed by atoms with Crippen molar-refractivity contribution in [2.24, 2.45) is 0 Å². The van der Waals surface area contributed by atoms with Gasteiger partial charge in [-0.1, -0.05) is 112 Å². The molecule has 4 nitrogen and oxygen atoms in total. The predicted octanol–water partition coefficient (Wildman–Crippen LogP) is 5.33. The lowest BCUT2D eigenvalue weighted by atomic mass is 10.1. The van der Waals surface area contributed by atoms with Gasteiger partial charge >= 0.3 is 5.97 Å². The summed E-state index contributed by atoms with van der Waals surface area (Å²) in [5.74, 6) is -0.158. The van der Waals surface area contributed by atoms with Crippen molar-refractivity contribution in [3.63, 3.8) is 0 Å². The van der Waals surface area contributed by atoms with Crippen molar-refractivity contribution in [2.75, 3.05) is 13.2 Å². The fourth-order valence-corrected chi connectivity index (χ4v) is 9.66. The molecule has 1 aliphatic rings. The maximum atomic E-state index is 12.9. The van der Waals surface area contributed by atoms with Crippen molar-refractivity contribution in [3.8, 4) is 0 Å². The molecule has 1 unspecified atom stereocenters.